The molecule has 0 aliphatic heterocycles. The van der Waals surface area contributed by atoms with E-state index in [-0.39, 0.29) is 11.9 Å². The van der Waals surface area contributed by atoms with Gasteiger partial charge in [-0.2, -0.15) is 0 Å². The highest BCUT2D eigenvalue weighted by Crippen LogP contribution is 2.30. The minimum absolute atomic E-state index is 0.0459. The number of nitrogens with zero attached hydrogens (tertiary/aromatic N) is 1. The predicted octanol–water partition coefficient (Wildman–Crippen LogP) is 6.28. The first kappa shape index (κ1) is 23.4. The van der Waals surface area contributed by atoms with Crippen LogP contribution in [0.1, 0.15) is 54.2 Å². The molecule has 0 radical (unpaired) electrons. The highest BCUT2D eigenvalue weighted by Gasteiger charge is 2.21. The lowest BCUT2D eigenvalue weighted by Gasteiger charge is -2.29. The second kappa shape index (κ2) is 11.4. The Morgan fingerprint density at radius 2 is 1.56 bits per heavy atom. The lowest BCUT2D eigenvalue weighted by atomic mass is 10.1. The van der Waals surface area contributed by atoms with Gasteiger partial charge in [0.15, 0.2) is 11.5 Å². The first-order chi connectivity index (χ1) is 15.5. The Balaban J connectivity index is 1.81. The minimum Gasteiger partial charge on any atom is -0.493 e. The van der Waals surface area contributed by atoms with Gasteiger partial charge in [0.2, 0.25) is 0 Å². The van der Waals surface area contributed by atoms with Crippen molar-refractivity contribution < 1.29 is 14.3 Å². The van der Waals surface area contributed by atoms with Gasteiger partial charge in [-0.05, 0) is 60.7 Å². The molecule has 4 heteroatoms. The zero-order valence-electron chi connectivity index (χ0n) is 19.5. The van der Waals surface area contributed by atoms with Crippen LogP contribution in [0, 0.1) is 0 Å². The molecule has 3 rings (SSSR count). The monoisotopic (exact) mass is 431 g/mol. The van der Waals surface area contributed by atoms with Gasteiger partial charge in [0.05, 0.1) is 7.11 Å². The van der Waals surface area contributed by atoms with Crippen molar-refractivity contribution in [2.24, 2.45) is 0 Å². The molecule has 0 aliphatic rings. The van der Waals surface area contributed by atoms with E-state index in [1.54, 1.807) is 7.11 Å². The van der Waals surface area contributed by atoms with Crippen LogP contribution >= 0.6 is 0 Å². The number of hydrogen-bond acceptors (Lipinski definition) is 3. The first-order valence-electron chi connectivity index (χ1n) is 11.3. The minimum atomic E-state index is 0.0459. The SMILES string of the molecule is CCc1ccc(C(=O)N(Cc2ccc(OC)c(OCc3ccccc3)c2)C(C)CC)cc1. The number of benzene rings is 3. The van der Waals surface area contributed by atoms with Crippen LogP contribution in [0.4, 0.5) is 0 Å². The molecule has 1 amide bonds. The maximum atomic E-state index is 13.3. The molecular weight excluding hydrogens is 398 g/mol. The van der Waals surface area contributed by atoms with E-state index < -0.39 is 0 Å². The van der Waals surface area contributed by atoms with Crippen molar-refractivity contribution in [2.75, 3.05) is 7.11 Å². The van der Waals surface area contributed by atoms with Crippen molar-refractivity contribution in [3.63, 3.8) is 0 Å². The van der Waals surface area contributed by atoms with Crippen LogP contribution in [-0.2, 0) is 19.6 Å². The summed E-state index contributed by atoms with van der Waals surface area (Å²) in [5, 5.41) is 0. The highest BCUT2D eigenvalue weighted by atomic mass is 16.5. The van der Waals surface area contributed by atoms with Gasteiger partial charge in [0, 0.05) is 18.2 Å². The lowest BCUT2D eigenvalue weighted by molar-refractivity contribution is 0.0671. The number of methoxy groups -OCH3 is 1. The third-order valence-corrected chi connectivity index (χ3v) is 5.81. The van der Waals surface area contributed by atoms with E-state index in [9.17, 15) is 4.79 Å². The molecule has 0 saturated heterocycles. The molecule has 0 bridgehead atoms. The topological polar surface area (TPSA) is 38.8 Å². The summed E-state index contributed by atoms with van der Waals surface area (Å²) in [6, 6.07) is 24.0. The Morgan fingerprint density at radius 3 is 2.19 bits per heavy atom. The second-order valence-corrected chi connectivity index (χ2v) is 8.00. The van der Waals surface area contributed by atoms with E-state index in [1.165, 1.54) is 5.56 Å². The van der Waals surface area contributed by atoms with Crippen molar-refractivity contribution in [3.05, 3.63) is 95.1 Å². The van der Waals surface area contributed by atoms with Crippen molar-refractivity contribution in [1.82, 2.24) is 4.90 Å². The van der Waals surface area contributed by atoms with Gasteiger partial charge in [-0.15, -0.1) is 0 Å². The molecule has 1 unspecified atom stereocenters. The molecule has 0 heterocycles. The fraction of sp³-hybridized carbons (Fsp3) is 0.321. The van der Waals surface area contributed by atoms with Crippen LogP contribution in [-0.4, -0.2) is 24.0 Å². The van der Waals surface area contributed by atoms with Gasteiger partial charge in [0.25, 0.3) is 5.91 Å². The van der Waals surface area contributed by atoms with Gasteiger partial charge in [-0.1, -0.05) is 62.4 Å². The Hall–Kier alpha value is -3.27. The fourth-order valence-corrected chi connectivity index (χ4v) is 3.56. The number of ether oxygens (including phenoxy) is 2. The summed E-state index contributed by atoms with van der Waals surface area (Å²) in [4.78, 5) is 15.3. The maximum absolute atomic E-state index is 13.3. The molecule has 0 fully saturated rings. The highest BCUT2D eigenvalue weighted by molar-refractivity contribution is 5.94. The second-order valence-electron chi connectivity index (χ2n) is 8.00. The molecule has 3 aromatic carbocycles. The van der Waals surface area contributed by atoms with Crippen LogP contribution in [0.2, 0.25) is 0 Å². The summed E-state index contributed by atoms with van der Waals surface area (Å²) in [5.74, 6) is 1.41. The Labute approximate surface area is 191 Å². The van der Waals surface area contributed by atoms with E-state index in [0.717, 1.165) is 29.5 Å². The fourth-order valence-electron chi connectivity index (χ4n) is 3.56. The van der Waals surface area contributed by atoms with Crippen molar-refractivity contribution in [1.29, 1.82) is 0 Å². The molecule has 0 aromatic heterocycles. The largest absolute Gasteiger partial charge is 0.493 e. The van der Waals surface area contributed by atoms with E-state index in [0.29, 0.717) is 24.7 Å². The first-order valence-corrected chi connectivity index (χ1v) is 11.3. The van der Waals surface area contributed by atoms with E-state index in [4.69, 9.17) is 9.47 Å². The molecule has 0 spiro atoms. The quantitative estimate of drug-likeness (QED) is 0.379. The van der Waals surface area contributed by atoms with Gasteiger partial charge >= 0.3 is 0 Å². The summed E-state index contributed by atoms with van der Waals surface area (Å²) < 4.78 is 11.6. The standard InChI is InChI=1S/C28H33NO3/c1-5-21(3)29(28(30)25-15-12-22(6-2)13-16-25)19-24-14-17-26(31-4)27(18-24)32-20-23-10-8-7-9-11-23/h7-18,21H,5-6,19-20H2,1-4H3. The molecule has 0 N–H and O–H groups in total. The third-order valence-electron chi connectivity index (χ3n) is 5.81. The van der Waals surface area contributed by atoms with Crippen LogP contribution in [0.15, 0.2) is 72.8 Å². The molecule has 4 nitrogen and oxygen atoms in total. The number of aryl methyl sites for hydroxylation is 1. The number of hydrogen-bond donors (Lipinski definition) is 0. The number of carbonyl (C=O) groups is 1. The van der Waals surface area contributed by atoms with Crippen molar-refractivity contribution in [2.45, 2.75) is 52.8 Å². The molecule has 0 aliphatic carbocycles. The molecule has 1 atom stereocenters. The van der Waals surface area contributed by atoms with Crippen LogP contribution < -0.4 is 9.47 Å². The number of carbonyl (C=O) groups excluding carboxylic acids is 1. The molecule has 32 heavy (non-hydrogen) atoms. The van der Waals surface area contributed by atoms with Crippen LogP contribution in [0.5, 0.6) is 11.5 Å². The van der Waals surface area contributed by atoms with E-state index in [1.807, 2.05) is 77.7 Å². The number of rotatable bonds is 10. The molecular formula is C28H33NO3. The number of amides is 1. The zero-order valence-corrected chi connectivity index (χ0v) is 19.5. The van der Waals surface area contributed by atoms with Crippen molar-refractivity contribution >= 4 is 5.91 Å². The van der Waals surface area contributed by atoms with Gasteiger partial charge < -0.3 is 14.4 Å². The molecule has 0 saturated carbocycles. The maximum Gasteiger partial charge on any atom is 0.254 e. The average Bonchev–Trinajstić information content (AvgIpc) is 2.85. The average molecular weight is 432 g/mol. The zero-order chi connectivity index (χ0) is 22.9. The Kier molecular flexibility index (Phi) is 8.32. The summed E-state index contributed by atoms with van der Waals surface area (Å²) in [6.45, 7) is 7.28. The lowest BCUT2D eigenvalue weighted by Crippen LogP contribution is -2.37. The van der Waals surface area contributed by atoms with Gasteiger partial charge in [-0.3, -0.25) is 4.79 Å². The summed E-state index contributed by atoms with van der Waals surface area (Å²) >= 11 is 0. The van der Waals surface area contributed by atoms with E-state index in [2.05, 4.69) is 20.8 Å². The van der Waals surface area contributed by atoms with Gasteiger partial charge in [-0.25, -0.2) is 0 Å². The van der Waals surface area contributed by atoms with Crippen molar-refractivity contribution in [3.8, 4) is 11.5 Å². The van der Waals surface area contributed by atoms with Crippen LogP contribution in [0.3, 0.4) is 0 Å². The summed E-state index contributed by atoms with van der Waals surface area (Å²) in [7, 11) is 1.64. The summed E-state index contributed by atoms with van der Waals surface area (Å²) in [5.41, 5.74) is 4.04. The van der Waals surface area contributed by atoms with Crippen LogP contribution in [0.25, 0.3) is 0 Å². The van der Waals surface area contributed by atoms with E-state index >= 15 is 0 Å². The normalized spacial score (nSPS) is 11.6. The third kappa shape index (κ3) is 5.91. The Morgan fingerprint density at radius 1 is 0.875 bits per heavy atom. The predicted molar refractivity (Wildman–Crippen MR) is 129 cm³/mol. The molecule has 3 aromatic rings. The van der Waals surface area contributed by atoms with Gasteiger partial charge in [0.1, 0.15) is 6.61 Å². The smallest absolute Gasteiger partial charge is 0.254 e. The summed E-state index contributed by atoms with van der Waals surface area (Å²) in [6.07, 6.45) is 1.84. The Bertz CT molecular complexity index is 999. The molecule has 168 valence electrons.